The van der Waals surface area contributed by atoms with Crippen molar-refractivity contribution in [3.8, 4) is 0 Å². The first kappa shape index (κ1) is 25.2. The predicted octanol–water partition coefficient (Wildman–Crippen LogP) is 2.18. The van der Waals surface area contributed by atoms with Gasteiger partial charge in [0.25, 0.3) is 5.91 Å². The van der Waals surface area contributed by atoms with Crippen LogP contribution >= 0.6 is 0 Å². The number of piperazine rings is 1. The standard InChI is InChI=1S/C28H40N4O4/c1-28(2,3)15-22(27(35)32-16-21(18-5-6-18)25-24(32)23(33)17-36-25)29-26(34)19-7-9-20(10-8-19)31-13-11-30(4)12-14-31/h7-10,18,21-22,24-25H,5-6,11-17H2,1-4H3,(H,29,34)/t21-,22?,24-,25-/m1/s1. The monoisotopic (exact) mass is 496 g/mol. The molecule has 36 heavy (non-hydrogen) atoms. The molecular weight excluding hydrogens is 456 g/mol. The zero-order valence-corrected chi connectivity index (χ0v) is 22.0. The maximum absolute atomic E-state index is 13.8. The fourth-order valence-corrected chi connectivity index (χ4v) is 6.00. The Bertz CT molecular complexity index is 992. The molecule has 2 amide bonds. The number of nitrogens with zero attached hydrogens (tertiary/aromatic N) is 3. The van der Waals surface area contributed by atoms with E-state index in [-0.39, 0.29) is 41.6 Å². The van der Waals surface area contributed by atoms with Gasteiger partial charge in [-0.1, -0.05) is 20.8 Å². The van der Waals surface area contributed by atoms with Crippen LogP contribution in [-0.2, 0) is 14.3 Å². The number of carbonyl (C=O) groups excluding carboxylic acids is 3. The lowest BCUT2D eigenvalue weighted by atomic mass is 9.87. The van der Waals surface area contributed by atoms with E-state index in [4.69, 9.17) is 4.74 Å². The van der Waals surface area contributed by atoms with Gasteiger partial charge in [-0.05, 0) is 61.9 Å². The molecule has 5 rings (SSSR count). The van der Waals surface area contributed by atoms with Gasteiger partial charge in [-0.2, -0.15) is 0 Å². The van der Waals surface area contributed by atoms with Gasteiger partial charge < -0.3 is 24.8 Å². The molecule has 0 spiro atoms. The summed E-state index contributed by atoms with van der Waals surface area (Å²) in [5, 5.41) is 3.02. The largest absolute Gasteiger partial charge is 0.369 e. The smallest absolute Gasteiger partial charge is 0.251 e. The minimum Gasteiger partial charge on any atom is -0.369 e. The van der Waals surface area contributed by atoms with Crippen molar-refractivity contribution in [2.75, 3.05) is 51.3 Å². The quantitative estimate of drug-likeness (QED) is 0.650. The van der Waals surface area contributed by atoms with Crippen LogP contribution in [-0.4, -0.2) is 92.0 Å². The van der Waals surface area contributed by atoms with E-state index in [0.29, 0.717) is 24.4 Å². The van der Waals surface area contributed by atoms with E-state index in [0.717, 1.165) is 44.7 Å². The maximum Gasteiger partial charge on any atom is 0.251 e. The summed E-state index contributed by atoms with van der Waals surface area (Å²) in [6.45, 7) is 10.8. The van der Waals surface area contributed by atoms with Crippen LogP contribution in [0.4, 0.5) is 5.69 Å². The van der Waals surface area contributed by atoms with Crippen LogP contribution in [0.2, 0.25) is 0 Å². The van der Waals surface area contributed by atoms with E-state index >= 15 is 0 Å². The average Bonchev–Trinajstić information content (AvgIpc) is 3.51. The molecule has 3 saturated heterocycles. The van der Waals surface area contributed by atoms with Crippen molar-refractivity contribution >= 4 is 23.3 Å². The second-order valence-electron chi connectivity index (χ2n) is 12.3. The number of hydrogen-bond donors (Lipinski definition) is 1. The first-order chi connectivity index (χ1) is 17.1. The Hall–Kier alpha value is -2.45. The fourth-order valence-electron chi connectivity index (χ4n) is 6.00. The highest BCUT2D eigenvalue weighted by Gasteiger charge is 2.56. The molecule has 4 atom stereocenters. The summed E-state index contributed by atoms with van der Waals surface area (Å²) in [6.07, 6.45) is 2.58. The molecule has 1 aromatic rings. The van der Waals surface area contributed by atoms with Gasteiger partial charge in [0, 0.05) is 49.9 Å². The van der Waals surface area contributed by atoms with Crippen molar-refractivity contribution in [2.45, 2.75) is 58.2 Å². The summed E-state index contributed by atoms with van der Waals surface area (Å²) >= 11 is 0. The number of fused-ring (bicyclic) bond motifs is 1. The predicted molar refractivity (Wildman–Crippen MR) is 138 cm³/mol. The number of rotatable bonds is 6. The van der Waals surface area contributed by atoms with Gasteiger partial charge in [-0.25, -0.2) is 0 Å². The molecule has 1 unspecified atom stereocenters. The molecule has 1 N–H and O–H groups in total. The number of likely N-dealkylation sites (tertiary alicyclic amines) is 1. The molecule has 1 aliphatic carbocycles. The van der Waals surface area contributed by atoms with Crippen LogP contribution < -0.4 is 10.2 Å². The molecule has 3 heterocycles. The third kappa shape index (κ3) is 5.30. The topological polar surface area (TPSA) is 82.2 Å². The molecule has 1 saturated carbocycles. The first-order valence-electron chi connectivity index (χ1n) is 13.4. The third-order valence-corrected chi connectivity index (χ3v) is 8.15. The highest BCUT2D eigenvalue weighted by molar-refractivity contribution is 5.99. The number of nitrogens with one attached hydrogen (secondary N) is 1. The number of hydrogen-bond acceptors (Lipinski definition) is 6. The molecule has 0 aromatic heterocycles. The van der Waals surface area contributed by atoms with Gasteiger partial charge >= 0.3 is 0 Å². The van der Waals surface area contributed by atoms with Gasteiger partial charge in [0.15, 0.2) is 5.78 Å². The molecule has 0 radical (unpaired) electrons. The highest BCUT2D eigenvalue weighted by Crippen LogP contribution is 2.46. The average molecular weight is 497 g/mol. The van der Waals surface area contributed by atoms with E-state index in [2.05, 4.69) is 42.9 Å². The molecule has 196 valence electrons. The molecule has 0 bridgehead atoms. The van der Waals surface area contributed by atoms with E-state index < -0.39 is 12.1 Å². The summed E-state index contributed by atoms with van der Waals surface area (Å²) in [6, 6.07) is 6.45. The van der Waals surface area contributed by atoms with Crippen LogP contribution in [0.3, 0.4) is 0 Å². The zero-order chi connectivity index (χ0) is 25.6. The first-order valence-corrected chi connectivity index (χ1v) is 13.4. The van der Waals surface area contributed by atoms with Crippen LogP contribution in [0.1, 0.15) is 50.4 Å². The summed E-state index contributed by atoms with van der Waals surface area (Å²) < 4.78 is 5.84. The van der Waals surface area contributed by atoms with Gasteiger partial charge in [-0.3, -0.25) is 14.4 Å². The number of anilines is 1. The van der Waals surface area contributed by atoms with Crippen LogP contribution in [0.25, 0.3) is 0 Å². The van der Waals surface area contributed by atoms with Gasteiger partial charge in [-0.15, -0.1) is 0 Å². The molecule has 8 heteroatoms. The number of benzene rings is 1. The summed E-state index contributed by atoms with van der Waals surface area (Å²) in [5.41, 5.74) is 1.47. The Morgan fingerprint density at radius 2 is 1.75 bits per heavy atom. The molecule has 4 aliphatic rings. The fraction of sp³-hybridized carbons (Fsp3) is 0.679. The van der Waals surface area contributed by atoms with Gasteiger partial charge in [0.2, 0.25) is 5.91 Å². The lowest BCUT2D eigenvalue weighted by Gasteiger charge is -2.34. The Kier molecular flexibility index (Phi) is 6.85. The number of Topliss-reactive ketones (excluding diaryl/α,β-unsaturated/α-hetero) is 1. The summed E-state index contributed by atoms with van der Waals surface area (Å²) in [4.78, 5) is 46.2. The van der Waals surface area contributed by atoms with Crippen molar-refractivity contribution in [3.63, 3.8) is 0 Å². The second-order valence-corrected chi connectivity index (χ2v) is 12.3. The minimum atomic E-state index is -0.693. The van der Waals surface area contributed by atoms with Crippen molar-refractivity contribution in [2.24, 2.45) is 17.3 Å². The third-order valence-electron chi connectivity index (χ3n) is 8.15. The number of likely N-dealkylation sites (N-methyl/N-ethyl adjacent to an activating group) is 1. The molecule has 4 fully saturated rings. The van der Waals surface area contributed by atoms with Crippen LogP contribution in [0, 0.1) is 17.3 Å². The highest BCUT2D eigenvalue weighted by atomic mass is 16.5. The second kappa shape index (κ2) is 9.78. The Balaban J connectivity index is 1.30. The molecule has 1 aromatic carbocycles. The number of carbonyl (C=O) groups is 3. The number of ether oxygens (including phenoxy) is 1. The van der Waals surface area contributed by atoms with Crippen LogP contribution in [0.5, 0.6) is 0 Å². The van der Waals surface area contributed by atoms with E-state index in [1.165, 1.54) is 0 Å². The summed E-state index contributed by atoms with van der Waals surface area (Å²) in [5.74, 6) is 0.321. The van der Waals surface area contributed by atoms with E-state index in [1.807, 2.05) is 24.3 Å². The van der Waals surface area contributed by atoms with Gasteiger partial charge in [0.1, 0.15) is 18.7 Å². The van der Waals surface area contributed by atoms with E-state index in [9.17, 15) is 14.4 Å². The Morgan fingerprint density at radius 3 is 2.36 bits per heavy atom. The lowest BCUT2D eigenvalue weighted by molar-refractivity contribution is -0.138. The minimum absolute atomic E-state index is 0.0168. The van der Waals surface area contributed by atoms with Gasteiger partial charge in [0.05, 0.1) is 6.10 Å². The van der Waals surface area contributed by atoms with Crippen molar-refractivity contribution in [1.29, 1.82) is 0 Å². The number of ketones is 1. The van der Waals surface area contributed by atoms with Crippen molar-refractivity contribution in [3.05, 3.63) is 29.8 Å². The number of amides is 2. The summed E-state index contributed by atoms with van der Waals surface area (Å²) in [7, 11) is 2.13. The SMILES string of the molecule is CN1CCN(c2ccc(C(=O)NC(CC(C)(C)C)C(=O)N3C[C@H](C4CC4)[C@H]4OCC(=O)[C@H]43)cc2)CC1. The maximum atomic E-state index is 13.8. The Labute approximate surface area is 214 Å². The zero-order valence-electron chi connectivity index (χ0n) is 22.0. The van der Waals surface area contributed by atoms with Crippen molar-refractivity contribution in [1.82, 2.24) is 15.1 Å². The normalized spacial score (nSPS) is 27.8. The Morgan fingerprint density at radius 1 is 1.08 bits per heavy atom. The molecular formula is C28H40N4O4. The van der Waals surface area contributed by atoms with E-state index in [1.54, 1.807) is 4.90 Å². The van der Waals surface area contributed by atoms with Crippen LogP contribution in [0.15, 0.2) is 24.3 Å². The molecule has 8 nitrogen and oxygen atoms in total. The lowest BCUT2D eigenvalue weighted by Crippen LogP contribution is -2.53. The molecule has 3 aliphatic heterocycles. The van der Waals surface area contributed by atoms with Crippen molar-refractivity contribution < 1.29 is 19.1 Å².